The summed E-state index contributed by atoms with van der Waals surface area (Å²) in [5.74, 6) is 0.816. The van der Waals surface area contributed by atoms with Crippen molar-refractivity contribution < 1.29 is 9.21 Å². The number of aromatic amines is 1. The highest BCUT2D eigenvalue weighted by atomic mass is 16.3. The molecule has 4 nitrogen and oxygen atoms in total. The number of benzene rings is 1. The second kappa shape index (κ2) is 4.14. The third-order valence-corrected chi connectivity index (χ3v) is 3.02. The number of H-pyrrole nitrogens is 1. The van der Waals surface area contributed by atoms with E-state index in [1.54, 1.807) is 43.5 Å². The minimum Gasteiger partial charge on any atom is -0.458 e. The number of hydrogen-bond acceptors (Lipinski definition) is 3. The van der Waals surface area contributed by atoms with Gasteiger partial charge in [0.15, 0.2) is 5.76 Å². The summed E-state index contributed by atoms with van der Waals surface area (Å²) >= 11 is 0. The molecule has 0 aliphatic rings. The van der Waals surface area contributed by atoms with Crippen molar-refractivity contribution in [3.05, 3.63) is 59.2 Å². The second-order valence-corrected chi connectivity index (χ2v) is 4.31. The van der Waals surface area contributed by atoms with Gasteiger partial charge >= 0.3 is 0 Å². The molecule has 0 fully saturated rings. The average Bonchev–Trinajstić information content (AvgIpc) is 3.03. The molecule has 92 valence electrons. The van der Waals surface area contributed by atoms with Gasteiger partial charge in [0.2, 0.25) is 5.78 Å². The molecule has 0 aliphatic carbocycles. The number of nitrogens with zero attached hydrogens (tertiary/aromatic N) is 1. The van der Waals surface area contributed by atoms with Crippen LogP contribution in [0.5, 0.6) is 0 Å². The van der Waals surface area contributed by atoms with Crippen molar-refractivity contribution in [3.8, 4) is 6.07 Å². The number of furan rings is 1. The van der Waals surface area contributed by atoms with Gasteiger partial charge in [-0.3, -0.25) is 4.79 Å². The fourth-order valence-electron chi connectivity index (χ4n) is 2.07. The Bertz CT molecular complexity index is 818. The van der Waals surface area contributed by atoms with Crippen LogP contribution in [-0.2, 0) is 0 Å². The van der Waals surface area contributed by atoms with Crippen LogP contribution < -0.4 is 0 Å². The molecular formula is C15H10N2O2. The molecule has 0 amide bonds. The van der Waals surface area contributed by atoms with Crippen molar-refractivity contribution in [2.45, 2.75) is 6.92 Å². The lowest BCUT2D eigenvalue weighted by atomic mass is 10.1. The smallest absolute Gasteiger partial charge is 0.230 e. The van der Waals surface area contributed by atoms with Crippen LogP contribution in [0.1, 0.15) is 27.4 Å². The number of carbonyl (C=O) groups is 1. The molecule has 0 atom stereocenters. The number of aromatic nitrogens is 1. The van der Waals surface area contributed by atoms with Crippen LogP contribution in [0.15, 0.2) is 40.9 Å². The van der Waals surface area contributed by atoms with Gasteiger partial charge in [0.05, 0.1) is 17.2 Å². The first-order valence-electron chi connectivity index (χ1n) is 5.81. The first kappa shape index (κ1) is 11.3. The van der Waals surface area contributed by atoms with Gasteiger partial charge in [0, 0.05) is 17.1 Å². The SMILES string of the molecule is Cc1ccc(C(=O)c2c[nH]c3ccc(C#N)cc23)o1. The summed E-state index contributed by atoms with van der Waals surface area (Å²) in [6, 6.07) is 10.7. The van der Waals surface area contributed by atoms with Gasteiger partial charge in [-0.1, -0.05) is 0 Å². The Morgan fingerprint density at radius 2 is 2.16 bits per heavy atom. The maximum atomic E-state index is 12.3. The molecule has 1 aromatic carbocycles. The number of hydrogen-bond donors (Lipinski definition) is 1. The Labute approximate surface area is 109 Å². The van der Waals surface area contributed by atoms with Crippen LogP contribution in [0, 0.1) is 18.3 Å². The predicted molar refractivity (Wildman–Crippen MR) is 69.9 cm³/mol. The highest BCUT2D eigenvalue weighted by molar-refractivity contribution is 6.15. The molecule has 0 aliphatic heterocycles. The summed E-state index contributed by atoms with van der Waals surface area (Å²) in [5, 5.41) is 9.66. The highest BCUT2D eigenvalue weighted by Gasteiger charge is 2.17. The predicted octanol–water partition coefficient (Wildman–Crippen LogP) is 3.17. The minimum atomic E-state index is -0.186. The van der Waals surface area contributed by atoms with Crippen molar-refractivity contribution in [2.24, 2.45) is 0 Å². The molecule has 1 N–H and O–H groups in total. The zero-order valence-corrected chi connectivity index (χ0v) is 10.2. The molecule has 0 spiro atoms. The van der Waals surface area contributed by atoms with Gasteiger partial charge in [-0.15, -0.1) is 0 Å². The maximum Gasteiger partial charge on any atom is 0.230 e. The zero-order valence-electron chi connectivity index (χ0n) is 10.2. The number of ketones is 1. The van der Waals surface area contributed by atoms with Crippen LogP contribution in [0.3, 0.4) is 0 Å². The Hall–Kier alpha value is -2.80. The molecule has 3 aromatic rings. The fourth-order valence-corrected chi connectivity index (χ4v) is 2.07. The van der Waals surface area contributed by atoms with Crippen LogP contribution in [0.4, 0.5) is 0 Å². The average molecular weight is 250 g/mol. The summed E-state index contributed by atoms with van der Waals surface area (Å²) in [6.45, 7) is 1.79. The molecule has 0 saturated heterocycles. The van der Waals surface area contributed by atoms with Gasteiger partial charge in [0.1, 0.15) is 5.76 Å². The summed E-state index contributed by atoms with van der Waals surface area (Å²) in [5.41, 5.74) is 1.86. The standard InChI is InChI=1S/C15H10N2O2/c1-9-2-5-14(19-9)15(18)12-8-17-13-4-3-10(7-16)6-11(12)13/h2-6,8,17H,1H3. The third kappa shape index (κ3) is 1.81. The number of rotatable bonds is 2. The Kier molecular flexibility index (Phi) is 2.46. The van der Waals surface area contributed by atoms with Gasteiger partial charge in [0.25, 0.3) is 0 Å². The number of carbonyl (C=O) groups excluding carboxylic acids is 1. The third-order valence-electron chi connectivity index (χ3n) is 3.02. The van der Waals surface area contributed by atoms with E-state index in [-0.39, 0.29) is 5.78 Å². The van der Waals surface area contributed by atoms with Crippen LogP contribution >= 0.6 is 0 Å². The molecule has 3 rings (SSSR count). The normalized spacial score (nSPS) is 10.5. The lowest BCUT2D eigenvalue weighted by Crippen LogP contribution is -1.98. The van der Waals surface area contributed by atoms with Crippen LogP contribution in [0.25, 0.3) is 10.9 Å². The van der Waals surface area contributed by atoms with E-state index in [9.17, 15) is 4.79 Å². The van der Waals surface area contributed by atoms with E-state index in [0.29, 0.717) is 22.6 Å². The molecule has 4 heteroatoms. The van der Waals surface area contributed by atoms with Crippen molar-refractivity contribution in [2.75, 3.05) is 0 Å². The van der Waals surface area contributed by atoms with Crippen molar-refractivity contribution in [1.29, 1.82) is 5.26 Å². The van der Waals surface area contributed by atoms with Crippen molar-refractivity contribution in [1.82, 2.24) is 4.98 Å². The Morgan fingerprint density at radius 3 is 2.84 bits per heavy atom. The molecule has 0 saturated carbocycles. The number of nitrogens with one attached hydrogen (secondary N) is 1. The number of aryl methyl sites for hydroxylation is 1. The monoisotopic (exact) mass is 250 g/mol. The number of nitriles is 1. The maximum absolute atomic E-state index is 12.3. The highest BCUT2D eigenvalue weighted by Crippen LogP contribution is 2.23. The quantitative estimate of drug-likeness (QED) is 0.710. The van der Waals surface area contributed by atoms with Crippen molar-refractivity contribution >= 4 is 16.7 Å². The second-order valence-electron chi connectivity index (χ2n) is 4.31. The van der Waals surface area contributed by atoms with E-state index < -0.39 is 0 Å². The lowest BCUT2D eigenvalue weighted by Gasteiger charge is -1.96. The largest absolute Gasteiger partial charge is 0.458 e. The van der Waals surface area contributed by atoms with Gasteiger partial charge < -0.3 is 9.40 Å². The van der Waals surface area contributed by atoms with E-state index in [4.69, 9.17) is 9.68 Å². The molecule has 0 bridgehead atoms. The number of fused-ring (bicyclic) bond motifs is 1. The van der Waals surface area contributed by atoms with Crippen LogP contribution in [-0.4, -0.2) is 10.8 Å². The molecule has 0 unspecified atom stereocenters. The van der Waals surface area contributed by atoms with E-state index >= 15 is 0 Å². The Morgan fingerprint density at radius 1 is 1.32 bits per heavy atom. The summed E-state index contributed by atoms with van der Waals surface area (Å²) in [6.07, 6.45) is 1.64. The first-order valence-corrected chi connectivity index (χ1v) is 5.81. The molecule has 0 radical (unpaired) electrons. The zero-order chi connectivity index (χ0) is 13.4. The van der Waals surface area contributed by atoms with Gasteiger partial charge in [-0.2, -0.15) is 5.26 Å². The minimum absolute atomic E-state index is 0.186. The lowest BCUT2D eigenvalue weighted by molar-refractivity contribution is 0.101. The van der Waals surface area contributed by atoms with E-state index in [2.05, 4.69) is 11.1 Å². The topological polar surface area (TPSA) is 69.8 Å². The van der Waals surface area contributed by atoms with E-state index in [1.807, 2.05) is 0 Å². The summed E-state index contributed by atoms with van der Waals surface area (Å²) in [4.78, 5) is 15.4. The van der Waals surface area contributed by atoms with E-state index in [1.165, 1.54) is 0 Å². The fraction of sp³-hybridized carbons (Fsp3) is 0.0667. The molecule has 2 heterocycles. The van der Waals surface area contributed by atoms with Crippen LogP contribution in [0.2, 0.25) is 0 Å². The van der Waals surface area contributed by atoms with Gasteiger partial charge in [-0.25, -0.2) is 0 Å². The summed E-state index contributed by atoms with van der Waals surface area (Å²) in [7, 11) is 0. The van der Waals surface area contributed by atoms with E-state index in [0.717, 1.165) is 10.9 Å². The molecule has 19 heavy (non-hydrogen) atoms. The first-order chi connectivity index (χ1) is 9.19. The molecule has 2 aromatic heterocycles. The Balaban J connectivity index is 2.15. The van der Waals surface area contributed by atoms with Crippen molar-refractivity contribution in [3.63, 3.8) is 0 Å². The molecular weight excluding hydrogens is 240 g/mol. The summed E-state index contributed by atoms with van der Waals surface area (Å²) < 4.78 is 5.35. The van der Waals surface area contributed by atoms with Gasteiger partial charge in [-0.05, 0) is 37.3 Å².